The number of hydrogen-bond acceptors (Lipinski definition) is 4. The third-order valence-corrected chi connectivity index (χ3v) is 2.23. The molecule has 0 aliphatic carbocycles. The van der Waals surface area contributed by atoms with Crippen molar-refractivity contribution in [3.63, 3.8) is 0 Å². The molecule has 4 nitrogen and oxygen atoms in total. The first-order valence-electron chi connectivity index (χ1n) is 4.89. The van der Waals surface area contributed by atoms with Crippen molar-refractivity contribution in [2.24, 2.45) is 5.84 Å². The Bertz CT molecular complexity index is 314. The molecule has 0 fully saturated rings. The molecule has 0 saturated heterocycles. The van der Waals surface area contributed by atoms with Crippen LogP contribution in [0.2, 0.25) is 0 Å². The minimum absolute atomic E-state index is 0.0478. The zero-order valence-corrected chi connectivity index (χ0v) is 8.94. The lowest BCUT2D eigenvalue weighted by atomic mass is 10.0. The van der Waals surface area contributed by atoms with Gasteiger partial charge < -0.3 is 4.74 Å². The number of aromatic nitrogens is 1. The monoisotopic (exact) mass is 207 g/mol. The van der Waals surface area contributed by atoms with Crippen LogP contribution < -0.4 is 16.0 Å². The highest BCUT2D eigenvalue weighted by Gasteiger charge is 2.14. The van der Waals surface area contributed by atoms with E-state index in [1.165, 1.54) is 0 Å². The first-order valence-corrected chi connectivity index (χ1v) is 4.89. The maximum absolute atomic E-state index is 5.50. The van der Waals surface area contributed by atoms with Gasteiger partial charge in [0, 0.05) is 11.8 Å². The van der Waals surface area contributed by atoms with Crippen LogP contribution in [0.1, 0.15) is 24.4 Å². The molecule has 0 bridgehead atoms. The van der Waals surface area contributed by atoms with Gasteiger partial charge in [-0.25, -0.2) is 4.98 Å². The maximum atomic E-state index is 5.50. The quantitative estimate of drug-likeness (QED) is 0.422. The summed E-state index contributed by atoms with van der Waals surface area (Å²) in [4.78, 5) is 4.13. The Morgan fingerprint density at radius 3 is 3.13 bits per heavy atom. The third-order valence-electron chi connectivity index (χ3n) is 2.23. The molecule has 1 heterocycles. The predicted octanol–water partition coefficient (Wildman–Crippen LogP) is 1.56. The largest absolute Gasteiger partial charge is 0.481 e. The molecular weight excluding hydrogens is 190 g/mol. The summed E-state index contributed by atoms with van der Waals surface area (Å²) in [6, 6.07) is 3.88. The Kier molecular flexibility index (Phi) is 4.80. The van der Waals surface area contributed by atoms with E-state index in [-0.39, 0.29) is 6.04 Å². The lowest BCUT2D eigenvalue weighted by Gasteiger charge is -2.17. The van der Waals surface area contributed by atoms with E-state index in [0.29, 0.717) is 5.88 Å². The van der Waals surface area contributed by atoms with Crippen LogP contribution in [-0.4, -0.2) is 12.1 Å². The molecule has 15 heavy (non-hydrogen) atoms. The van der Waals surface area contributed by atoms with E-state index in [1.807, 2.05) is 18.2 Å². The molecule has 0 aliphatic heterocycles. The van der Waals surface area contributed by atoms with Gasteiger partial charge in [-0.05, 0) is 18.9 Å². The lowest BCUT2D eigenvalue weighted by molar-refractivity contribution is 0.380. The normalized spacial score (nSPS) is 12.1. The molecule has 1 rings (SSSR count). The molecular formula is C11H17N3O. The highest BCUT2D eigenvalue weighted by atomic mass is 16.5. The Morgan fingerprint density at radius 2 is 2.53 bits per heavy atom. The van der Waals surface area contributed by atoms with E-state index in [0.717, 1.165) is 18.4 Å². The zero-order chi connectivity index (χ0) is 11.1. The zero-order valence-electron chi connectivity index (χ0n) is 8.94. The van der Waals surface area contributed by atoms with E-state index < -0.39 is 0 Å². The fourth-order valence-electron chi connectivity index (χ4n) is 1.45. The van der Waals surface area contributed by atoms with E-state index in [2.05, 4.69) is 17.0 Å². The number of methoxy groups -OCH3 is 1. The standard InChI is InChI=1S/C11H17N3O/c1-3-4-7-10(14-12)9-6-5-8-13-11(9)15-2/h3,5-6,8,10,14H,1,4,7,12H2,2H3. The van der Waals surface area contributed by atoms with Crippen LogP contribution in [-0.2, 0) is 0 Å². The second-order valence-corrected chi connectivity index (χ2v) is 3.19. The van der Waals surface area contributed by atoms with Crippen molar-refractivity contribution in [1.82, 2.24) is 10.4 Å². The van der Waals surface area contributed by atoms with Crippen molar-refractivity contribution in [1.29, 1.82) is 0 Å². The van der Waals surface area contributed by atoms with Gasteiger partial charge in [0.05, 0.1) is 13.2 Å². The summed E-state index contributed by atoms with van der Waals surface area (Å²) >= 11 is 0. The van der Waals surface area contributed by atoms with Gasteiger partial charge in [0.15, 0.2) is 0 Å². The summed E-state index contributed by atoms with van der Waals surface area (Å²) in [7, 11) is 1.60. The summed E-state index contributed by atoms with van der Waals surface area (Å²) in [6.07, 6.45) is 5.34. The molecule has 1 aromatic rings. The summed E-state index contributed by atoms with van der Waals surface area (Å²) in [6.45, 7) is 3.69. The summed E-state index contributed by atoms with van der Waals surface area (Å²) in [5.41, 5.74) is 3.74. The SMILES string of the molecule is C=CCCC(NN)c1cccnc1OC. The van der Waals surface area contributed by atoms with Crippen molar-refractivity contribution < 1.29 is 4.74 Å². The fraction of sp³-hybridized carbons (Fsp3) is 0.364. The molecule has 4 heteroatoms. The summed E-state index contributed by atoms with van der Waals surface area (Å²) < 4.78 is 5.18. The molecule has 0 aliphatic rings. The Balaban J connectivity index is 2.84. The maximum Gasteiger partial charge on any atom is 0.217 e. The van der Waals surface area contributed by atoms with Crippen LogP contribution >= 0.6 is 0 Å². The Morgan fingerprint density at radius 1 is 1.73 bits per heavy atom. The summed E-state index contributed by atoms with van der Waals surface area (Å²) in [5.74, 6) is 6.12. The van der Waals surface area contributed by atoms with Crippen molar-refractivity contribution in [3.05, 3.63) is 36.5 Å². The number of rotatable bonds is 6. The van der Waals surface area contributed by atoms with Crippen LogP contribution in [0, 0.1) is 0 Å². The molecule has 3 N–H and O–H groups in total. The second kappa shape index (κ2) is 6.16. The van der Waals surface area contributed by atoms with Gasteiger partial charge >= 0.3 is 0 Å². The number of nitrogens with one attached hydrogen (secondary N) is 1. The van der Waals surface area contributed by atoms with Crippen molar-refractivity contribution in [3.8, 4) is 5.88 Å². The number of hydrogen-bond donors (Lipinski definition) is 2. The molecule has 1 unspecified atom stereocenters. The molecule has 0 amide bonds. The third kappa shape index (κ3) is 3.04. The van der Waals surface area contributed by atoms with Gasteiger partial charge in [0.2, 0.25) is 5.88 Å². The molecule has 1 atom stereocenters. The van der Waals surface area contributed by atoms with Gasteiger partial charge in [-0.15, -0.1) is 6.58 Å². The van der Waals surface area contributed by atoms with Gasteiger partial charge in [0.25, 0.3) is 0 Å². The van der Waals surface area contributed by atoms with Gasteiger partial charge in [0.1, 0.15) is 0 Å². The molecule has 0 spiro atoms. The average molecular weight is 207 g/mol. The highest BCUT2D eigenvalue weighted by molar-refractivity contribution is 5.28. The first-order chi connectivity index (χ1) is 7.33. The lowest BCUT2D eigenvalue weighted by Crippen LogP contribution is -2.28. The minimum Gasteiger partial charge on any atom is -0.481 e. The van der Waals surface area contributed by atoms with Crippen molar-refractivity contribution in [2.75, 3.05) is 7.11 Å². The van der Waals surface area contributed by atoms with Gasteiger partial charge in [-0.3, -0.25) is 11.3 Å². The number of nitrogens with two attached hydrogens (primary N) is 1. The van der Waals surface area contributed by atoms with E-state index >= 15 is 0 Å². The molecule has 0 aromatic carbocycles. The summed E-state index contributed by atoms with van der Waals surface area (Å²) in [5, 5.41) is 0. The second-order valence-electron chi connectivity index (χ2n) is 3.19. The first kappa shape index (κ1) is 11.7. The highest BCUT2D eigenvalue weighted by Crippen LogP contribution is 2.25. The molecule has 1 aromatic heterocycles. The Hall–Kier alpha value is -1.39. The van der Waals surface area contributed by atoms with Crippen LogP contribution in [0.4, 0.5) is 0 Å². The Labute approximate surface area is 90.1 Å². The smallest absolute Gasteiger partial charge is 0.217 e. The number of hydrazine groups is 1. The van der Waals surface area contributed by atoms with Crippen LogP contribution in [0.3, 0.4) is 0 Å². The van der Waals surface area contributed by atoms with E-state index in [1.54, 1.807) is 13.3 Å². The van der Waals surface area contributed by atoms with Crippen molar-refractivity contribution >= 4 is 0 Å². The molecule has 0 saturated carbocycles. The number of pyridine rings is 1. The number of allylic oxidation sites excluding steroid dienone is 1. The fourth-order valence-corrected chi connectivity index (χ4v) is 1.45. The van der Waals surface area contributed by atoms with E-state index in [9.17, 15) is 0 Å². The van der Waals surface area contributed by atoms with E-state index in [4.69, 9.17) is 10.6 Å². The van der Waals surface area contributed by atoms with Crippen molar-refractivity contribution in [2.45, 2.75) is 18.9 Å². The van der Waals surface area contributed by atoms with Crippen LogP contribution in [0.5, 0.6) is 5.88 Å². The number of ether oxygens (including phenoxy) is 1. The van der Waals surface area contributed by atoms with Gasteiger partial charge in [-0.1, -0.05) is 12.1 Å². The predicted molar refractivity (Wildman–Crippen MR) is 60.3 cm³/mol. The molecule has 82 valence electrons. The topological polar surface area (TPSA) is 60.2 Å². The van der Waals surface area contributed by atoms with Crippen LogP contribution in [0.25, 0.3) is 0 Å². The molecule has 0 radical (unpaired) electrons. The number of nitrogens with zero attached hydrogens (tertiary/aromatic N) is 1. The van der Waals surface area contributed by atoms with Crippen LogP contribution in [0.15, 0.2) is 31.0 Å². The average Bonchev–Trinajstić information content (AvgIpc) is 2.30. The minimum atomic E-state index is 0.0478. The van der Waals surface area contributed by atoms with Gasteiger partial charge in [-0.2, -0.15) is 0 Å².